The molecule has 5 nitrogen and oxygen atoms in total. The maximum Gasteiger partial charge on any atom is 0.164 e. The quantitative estimate of drug-likeness (QED) is 0.167. The third-order valence-electron chi connectivity index (χ3n) is 14.3. The monoisotopic (exact) mass is 921 g/mol. The van der Waals surface area contributed by atoms with Crippen LogP contribution in [0.25, 0.3) is 142 Å². The summed E-state index contributed by atoms with van der Waals surface area (Å²) >= 11 is 1.86. The zero-order valence-corrected chi connectivity index (χ0v) is 39.0. The Hall–Kier alpha value is -9.23. The molecule has 0 bridgehead atoms. The van der Waals surface area contributed by atoms with Gasteiger partial charge in [-0.3, -0.25) is 0 Å². The van der Waals surface area contributed by atoms with Gasteiger partial charge in [-0.15, -0.1) is 11.3 Å². The van der Waals surface area contributed by atoms with E-state index in [0.29, 0.717) is 17.5 Å². The molecule has 71 heavy (non-hydrogen) atoms. The molecule has 0 aliphatic rings. The highest BCUT2D eigenvalue weighted by Gasteiger charge is 2.23. The van der Waals surface area contributed by atoms with Crippen LogP contribution in [0, 0.1) is 0 Å². The molecule has 11 aromatic carbocycles. The van der Waals surface area contributed by atoms with Crippen LogP contribution in [0.2, 0.25) is 0 Å². The van der Waals surface area contributed by atoms with E-state index < -0.39 is 0 Å². The molecule has 4 heterocycles. The van der Waals surface area contributed by atoms with Crippen molar-refractivity contribution in [3.05, 3.63) is 237 Å². The minimum atomic E-state index is 0.606. The van der Waals surface area contributed by atoms with Gasteiger partial charge in [0.15, 0.2) is 17.5 Å². The number of thiophene rings is 1. The first-order valence-corrected chi connectivity index (χ1v) is 24.8. The Morgan fingerprint density at radius 2 is 0.859 bits per heavy atom. The molecule has 0 radical (unpaired) electrons. The molecule has 0 spiro atoms. The van der Waals surface area contributed by atoms with Crippen molar-refractivity contribution in [1.82, 2.24) is 24.1 Å². The lowest BCUT2D eigenvalue weighted by Gasteiger charge is -2.17. The van der Waals surface area contributed by atoms with Crippen molar-refractivity contribution < 1.29 is 0 Å². The molecule has 0 aliphatic heterocycles. The van der Waals surface area contributed by atoms with E-state index in [1.54, 1.807) is 0 Å². The van der Waals surface area contributed by atoms with Gasteiger partial charge in [-0.05, 0) is 112 Å². The first kappa shape index (κ1) is 39.7. The largest absolute Gasteiger partial charge is 0.309 e. The molecule has 0 unspecified atom stereocenters. The summed E-state index contributed by atoms with van der Waals surface area (Å²) in [5.74, 6) is 1.84. The van der Waals surface area contributed by atoms with E-state index in [1.807, 2.05) is 29.5 Å². The third-order valence-corrected chi connectivity index (χ3v) is 15.4. The highest BCUT2D eigenvalue weighted by Crippen LogP contribution is 2.47. The van der Waals surface area contributed by atoms with Gasteiger partial charge < -0.3 is 9.13 Å². The number of rotatable bonds is 6. The number of nitrogens with zero attached hydrogens (tertiary/aromatic N) is 5. The second kappa shape index (κ2) is 15.7. The normalized spacial score (nSPS) is 11.9. The molecule has 0 fully saturated rings. The fourth-order valence-corrected chi connectivity index (χ4v) is 12.3. The fourth-order valence-electron chi connectivity index (χ4n) is 11.1. The van der Waals surface area contributed by atoms with Crippen molar-refractivity contribution in [1.29, 1.82) is 0 Å². The van der Waals surface area contributed by atoms with Gasteiger partial charge in [0, 0.05) is 69.7 Å². The van der Waals surface area contributed by atoms with Crippen molar-refractivity contribution >= 4 is 96.7 Å². The van der Waals surface area contributed by atoms with Gasteiger partial charge in [0.1, 0.15) is 0 Å². The van der Waals surface area contributed by atoms with E-state index in [4.69, 9.17) is 15.0 Å². The second-order valence-corrected chi connectivity index (χ2v) is 19.4. The van der Waals surface area contributed by atoms with Crippen molar-refractivity contribution in [3.63, 3.8) is 0 Å². The van der Waals surface area contributed by atoms with Gasteiger partial charge in [0.25, 0.3) is 0 Å². The lowest BCUT2D eigenvalue weighted by atomic mass is 9.94. The Bertz CT molecular complexity index is 4640. The zero-order chi connectivity index (χ0) is 46.6. The van der Waals surface area contributed by atoms with Crippen molar-refractivity contribution in [2.24, 2.45) is 0 Å². The first-order valence-electron chi connectivity index (χ1n) is 24.0. The van der Waals surface area contributed by atoms with Gasteiger partial charge >= 0.3 is 0 Å². The number of para-hydroxylation sites is 3. The highest BCUT2D eigenvalue weighted by molar-refractivity contribution is 7.26. The maximum absolute atomic E-state index is 5.42. The summed E-state index contributed by atoms with van der Waals surface area (Å²) in [4.78, 5) is 16.0. The smallest absolute Gasteiger partial charge is 0.164 e. The van der Waals surface area contributed by atoms with Crippen LogP contribution < -0.4 is 0 Å². The average Bonchev–Trinajstić information content (AvgIpc) is 4.10. The van der Waals surface area contributed by atoms with Crippen LogP contribution >= 0.6 is 11.3 Å². The van der Waals surface area contributed by atoms with Crippen molar-refractivity contribution in [2.45, 2.75) is 0 Å². The van der Waals surface area contributed by atoms with Crippen LogP contribution in [0.15, 0.2) is 237 Å². The van der Waals surface area contributed by atoms with E-state index in [2.05, 4.69) is 228 Å². The molecule has 0 aliphatic carbocycles. The van der Waals surface area contributed by atoms with Gasteiger partial charge in [0.2, 0.25) is 0 Å². The summed E-state index contributed by atoms with van der Waals surface area (Å²) in [5, 5.41) is 12.2. The van der Waals surface area contributed by atoms with Crippen LogP contribution in [0.3, 0.4) is 0 Å². The van der Waals surface area contributed by atoms with Gasteiger partial charge in [-0.2, -0.15) is 0 Å². The van der Waals surface area contributed by atoms with Gasteiger partial charge in [-0.25, -0.2) is 15.0 Å². The minimum Gasteiger partial charge on any atom is -0.309 e. The van der Waals surface area contributed by atoms with E-state index in [1.165, 1.54) is 57.9 Å². The lowest BCUT2D eigenvalue weighted by Crippen LogP contribution is -2.02. The zero-order valence-electron chi connectivity index (χ0n) is 38.2. The molecular weight excluding hydrogens is 883 g/mol. The SMILES string of the molecule is c1ccc(-c2nc(-c3ccc(-n4c5ccccc5c5cc6ccccc6cc54)c(-c4cccc5sc6ccc7ccccc7c6c45)c3)nc(-c3ccc4c(c3)c3ccccc3n4-c3ccccc3)n2)cc1. The topological polar surface area (TPSA) is 48.5 Å². The van der Waals surface area contributed by atoms with Crippen LogP contribution in [-0.4, -0.2) is 24.1 Å². The minimum absolute atomic E-state index is 0.606. The molecule has 0 N–H and O–H groups in total. The summed E-state index contributed by atoms with van der Waals surface area (Å²) < 4.78 is 7.32. The summed E-state index contributed by atoms with van der Waals surface area (Å²) in [5.41, 5.74) is 11.8. The number of hydrogen-bond acceptors (Lipinski definition) is 4. The van der Waals surface area contributed by atoms with E-state index in [-0.39, 0.29) is 0 Å². The molecule has 15 aromatic rings. The number of fused-ring (bicyclic) bond motifs is 12. The summed E-state index contributed by atoms with van der Waals surface area (Å²) in [6.45, 7) is 0. The van der Waals surface area contributed by atoms with Crippen molar-refractivity contribution in [3.8, 4) is 56.7 Å². The van der Waals surface area contributed by atoms with Crippen LogP contribution in [-0.2, 0) is 0 Å². The summed E-state index contributed by atoms with van der Waals surface area (Å²) in [6, 6.07) is 85.2. The van der Waals surface area contributed by atoms with E-state index in [9.17, 15) is 0 Å². The Labute approximate surface area is 411 Å². The molecule has 0 saturated heterocycles. The lowest BCUT2D eigenvalue weighted by molar-refractivity contribution is 1.07. The second-order valence-electron chi connectivity index (χ2n) is 18.3. The molecule has 0 saturated carbocycles. The van der Waals surface area contributed by atoms with Crippen molar-refractivity contribution in [2.75, 3.05) is 0 Å². The Balaban J connectivity index is 1.01. The number of hydrogen-bond donors (Lipinski definition) is 0. The predicted molar refractivity (Wildman–Crippen MR) is 298 cm³/mol. The van der Waals surface area contributed by atoms with E-state index >= 15 is 0 Å². The Morgan fingerprint density at radius 3 is 1.62 bits per heavy atom. The van der Waals surface area contributed by atoms with Crippen LogP contribution in [0.1, 0.15) is 0 Å². The molecule has 15 rings (SSSR count). The molecule has 0 atom stereocenters. The summed E-state index contributed by atoms with van der Waals surface area (Å²) in [7, 11) is 0. The maximum atomic E-state index is 5.42. The van der Waals surface area contributed by atoms with Crippen LogP contribution in [0.5, 0.6) is 0 Å². The first-order chi connectivity index (χ1) is 35.2. The molecule has 4 aromatic heterocycles. The third kappa shape index (κ3) is 6.22. The molecule has 330 valence electrons. The number of aromatic nitrogens is 5. The Kier molecular flexibility index (Phi) is 8.76. The van der Waals surface area contributed by atoms with Gasteiger partial charge in [-0.1, -0.05) is 152 Å². The fraction of sp³-hybridized carbons (Fsp3) is 0. The summed E-state index contributed by atoms with van der Waals surface area (Å²) in [6.07, 6.45) is 0. The number of benzene rings is 11. The molecule has 0 amide bonds. The van der Waals surface area contributed by atoms with Crippen LogP contribution in [0.4, 0.5) is 0 Å². The molecule has 6 heteroatoms. The molecular formula is C65H39N5S. The highest BCUT2D eigenvalue weighted by atomic mass is 32.1. The Morgan fingerprint density at radius 1 is 0.296 bits per heavy atom. The van der Waals surface area contributed by atoms with E-state index in [0.717, 1.165) is 66.6 Å². The standard InChI is InChI=1S/C65H39N5S/c1-3-17-41(18-4-1)63-66-64(44-30-33-56-51(37-44)48-24-11-13-27-54(48)69(56)46-21-5-2-6-22-46)68-65(67-63)45-31-34-57(70-55-28-14-12-25-49(55)52-36-42-19-7-8-20-43(42)39-58(52)70)53(38-45)50-26-15-29-59-62(50)61-47-23-10-9-16-40(47)32-35-60(61)71-59/h1-39H. The van der Waals surface area contributed by atoms with Gasteiger partial charge in [0.05, 0.1) is 27.8 Å². The predicted octanol–water partition coefficient (Wildman–Crippen LogP) is 17.4. The average molecular weight is 922 g/mol.